The second kappa shape index (κ2) is 6.32. The average Bonchev–Trinajstić information content (AvgIpc) is 2.34. The molecular weight excluding hydrogens is 241 g/mol. The lowest BCUT2D eigenvalue weighted by atomic mass is 10.0. The summed E-state index contributed by atoms with van der Waals surface area (Å²) in [4.78, 5) is 10.7. The Morgan fingerprint density at radius 2 is 2.17 bits per heavy atom. The summed E-state index contributed by atoms with van der Waals surface area (Å²) in [6.07, 6.45) is -0.0815. The molecule has 0 radical (unpaired) electrons. The Morgan fingerprint density at radius 1 is 1.50 bits per heavy atom. The minimum Gasteiger partial charge on any atom is -0.496 e. The first-order valence-corrected chi connectivity index (χ1v) is 5.32. The highest BCUT2D eigenvalue weighted by Crippen LogP contribution is 2.25. The number of hydrogen-bond donors (Lipinski definition) is 2. The summed E-state index contributed by atoms with van der Waals surface area (Å²) < 4.78 is 24.0. The van der Waals surface area contributed by atoms with Crippen molar-refractivity contribution >= 4 is 5.97 Å². The summed E-state index contributed by atoms with van der Waals surface area (Å²) in [5.74, 6) is -1.34. The van der Waals surface area contributed by atoms with Crippen molar-refractivity contribution in [2.75, 3.05) is 14.2 Å². The van der Waals surface area contributed by atoms with E-state index in [2.05, 4.69) is 0 Å². The highest BCUT2D eigenvalue weighted by atomic mass is 19.1. The van der Waals surface area contributed by atoms with Gasteiger partial charge in [0.05, 0.1) is 19.3 Å². The van der Waals surface area contributed by atoms with Crippen molar-refractivity contribution in [3.05, 3.63) is 29.1 Å². The van der Waals surface area contributed by atoms with Crippen LogP contribution in [0.3, 0.4) is 0 Å². The van der Waals surface area contributed by atoms with E-state index in [-0.39, 0.29) is 24.2 Å². The number of aliphatic carboxylic acids is 1. The van der Waals surface area contributed by atoms with Gasteiger partial charge in [-0.25, -0.2) is 4.39 Å². The number of methoxy groups -OCH3 is 2. The third-order valence-corrected chi connectivity index (χ3v) is 2.55. The largest absolute Gasteiger partial charge is 0.496 e. The normalized spacial score (nSPS) is 12.2. The van der Waals surface area contributed by atoms with Gasteiger partial charge >= 0.3 is 5.97 Å². The first-order valence-electron chi connectivity index (χ1n) is 5.32. The highest BCUT2D eigenvalue weighted by molar-refractivity contribution is 5.73. The van der Waals surface area contributed by atoms with Gasteiger partial charge < -0.3 is 20.3 Å². The zero-order chi connectivity index (χ0) is 13.7. The molecule has 3 N–H and O–H groups in total. The number of carboxylic acid groups (broad SMARTS) is 1. The van der Waals surface area contributed by atoms with E-state index in [1.54, 1.807) is 6.07 Å². The van der Waals surface area contributed by atoms with Crippen molar-refractivity contribution in [2.45, 2.75) is 19.1 Å². The van der Waals surface area contributed by atoms with Crippen molar-refractivity contribution < 1.29 is 23.8 Å². The van der Waals surface area contributed by atoms with Gasteiger partial charge in [-0.2, -0.15) is 0 Å². The first-order chi connectivity index (χ1) is 8.51. The van der Waals surface area contributed by atoms with Crippen LogP contribution >= 0.6 is 0 Å². The summed E-state index contributed by atoms with van der Waals surface area (Å²) >= 11 is 0. The smallest absolute Gasteiger partial charge is 0.320 e. The molecule has 100 valence electrons. The Kier molecular flexibility index (Phi) is 5.06. The summed E-state index contributed by atoms with van der Waals surface area (Å²) in [5, 5.41) is 8.71. The molecule has 1 rings (SSSR count). The van der Waals surface area contributed by atoms with Crippen LogP contribution in [0.15, 0.2) is 12.1 Å². The standard InChI is InChI=1S/C12H16FNO4/c1-17-6-8-10(18-2)4-3-7(11(8)13)5-9(14)12(15)16/h3-4,9H,5-6,14H2,1-2H3,(H,15,16). The van der Waals surface area contributed by atoms with Gasteiger partial charge in [-0.1, -0.05) is 6.07 Å². The van der Waals surface area contributed by atoms with E-state index in [1.807, 2.05) is 0 Å². The Balaban J connectivity index is 3.07. The van der Waals surface area contributed by atoms with E-state index in [4.69, 9.17) is 20.3 Å². The molecule has 5 nitrogen and oxygen atoms in total. The monoisotopic (exact) mass is 257 g/mol. The molecule has 6 heteroatoms. The van der Waals surface area contributed by atoms with Crippen molar-refractivity contribution in [3.63, 3.8) is 0 Å². The van der Waals surface area contributed by atoms with Gasteiger partial charge in [0.1, 0.15) is 17.6 Å². The predicted octanol–water partition coefficient (Wildman–Crippen LogP) is 0.935. The summed E-state index contributed by atoms with van der Waals surface area (Å²) in [7, 11) is 2.87. The van der Waals surface area contributed by atoms with E-state index >= 15 is 0 Å². The maximum atomic E-state index is 14.1. The minimum atomic E-state index is -1.17. The molecule has 0 aromatic heterocycles. The molecule has 1 atom stereocenters. The number of carbonyl (C=O) groups is 1. The number of halogens is 1. The molecule has 0 amide bonds. The van der Waals surface area contributed by atoms with Gasteiger partial charge in [0.15, 0.2) is 0 Å². The zero-order valence-electron chi connectivity index (χ0n) is 10.3. The lowest BCUT2D eigenvalue weighted by Crippen LogP contribution is -2.32. The fourth-order valence-electron chi connectivity index (χ4n) is 1.60. The van der Waals surface area contributed by atoms with Gasteiger partial charge in [-0.3, -0.25) is 4.79 Å². The number of nitrogens with two attached hydrogens (primary N) is 1. The molecule has 0 spiro atoms. The first kappa shape index (κ1) is 14.4. The predicted molar refractivity (Wildman–Crippen MR) is 63.0 cm³/mol. The number of ether oxygens (including phenoxy) is 2. The Morgan fingerprint density at radius 3 is 2.67 bits per heavy atom. The Bertz CT molecular complexity index is 436. The van der Waals surface area contributed by atoms with Crippen LogP contribution in [0.5, 0.6) is 5.75 Å². The van der Waals surface area contributed by atoms with Crippen LogP contribution in [0, 0.1) is 5.82 Å². The third kappa shape index (κ3) is 3.18. The third-order valence-electron chi connectivity index (χ3n) is 2.55. The van der Waals surface area contributed by atoms with Gasteiger partial charge in [0.25, 0.3) is 0 Å². The molecule has 0 aliphatic rings. The number of hydrogen-bond acceptors (Lipinski definition) is 4. The van der Waals surface area contributed by atoms with E-state index in [9.17, 15) is 9.18 Å². The van der Waals surface area contributed by atoms with Crippen LogP contribution in [0.4, 0.5) is 4.39 Å². The maximum absolute atomic E-state index is 14.1. The lowest BCUT2D eigenvalue weighted by molar-refractivity contribution is -0.138. The van der Waals surface area contributed by atoms with Crippen LogP contribution in [0.1, 0.15) is 11.1 Å². The molecule has 1 unspecified atom stereocenters. The summed E-state index contributed by atoms with van der Waals surface area (Å²) in [6, 6.07) is 1.90. The molecule has 1 aromatic rings. The Hall–Kier alpha value is -1.66. The fourth-order valence-corrected chi connectivity index (χ4v) is 1.60. The quantitative estimate of drug-likeness (QED) is 0.792. The second-order valence-corrected chi connectivity index (χ2v) is 3.80. The molecule has 0 aliphatic heterocycles. The van der Waals surface area contributed by atoms with Crippen LogP contribution in [0.2, 0.25) is 0 Å². The highest BCUT2D eigenvalue weighted by Gasteiger charge is 2.19. The van der Waals surface area contributed by atoms with Gasteiger partial charge in [-0.05, 0) is 11.6 Å². The zero-order valence-corrected chi connectivity index (χ0v) is 10.3. The van der Waals surface area contributed by atoms with Crippen LogP contribution in [-0.4, -0.2) is 31.3 Å². The average molecular weight is 257 g/mol. The SMILES string of the molecule is COCc1c(OC)ccc(CC(N)C(=O)O)c1F. The maximum Gasteiger partial charge on any atom is 0.320 e. The number of rotatable bonds is 6. The molecule has 0 fully saturated rings. The molecular formula is C12H16FNO4. The minimum absolute atomic E-state index is 0.0468. The Labute approximate surface area is 104 Å². The number of carboxylic acids is 1. The van der Waals surface area contributed by atoms with Crippen molar-refractivity contribution in [3.8, 4) is 5.75 Å². The lowest BCUT2D eigenvalue weighted by Gasteiger charge is -2.13. The molecule has 0 heterocycles. The molecule has 18 heavy (non-hydrogen) atoms. The van der Waals surface area contributed by atoms with E-state index in [1.165, 1.54) is 20.3 Å². The fraction of sp³-hybridized carbons (Fsp3) is 0.417. The van der Waals surface area contributed by atoms with Crippen LogP contribution in [-0.2, 0) is 22.6 Å². The van der Waals surface area contributed by atoms with Crippen LogP contribution < -0.4 is 10.5 Å². The van der Waals surface area contributed by atoms with Crippen molar-refractivity contribution in [2.24, 2.45) is 5.73 Å². The van der Waals surface area contributed by atoms with Crippen molar-refractivity contribution in [1.29, 1.82) is 0 Å². The molecule has 1 aromatic carbocycles. The van der Waals surface area contributed by atoms with E-state index < -0.39 is 17.8 Å². The molecule has 0 saturated carbocycles. The van der Waals surface area contributed by atoms with Gasteiger partial charge in [-0.15, -0.1) is 0 Å². The van der Waals surface area contributed by atoms with Gasteiger partial charge in [0, 0.05) is 13.5 Å². The number of benzene rings is 1. The van der Waals surface area contributed by atoms with Gasteiger partial charge in [0.2, 0.25) is 0 Å². The molecule has 0 bridgehead atoms. The van der Waals surface area contributed by atoms with Crippen LogP contribution in [0.25, 0.3) is 0 Å². The molecule has 0 saturated heterocycles. The van der Waals surface area contributed by atoms with E-state index in [0.717, 1.165) is 0 Å². The topological polar surface area (TPSA) is 81.8 Å². The molecule has 0 aliphatic carbocycles. The van der Waals surface area contributed by atoms with Crippen molar-refractivity contribution in [1.82, 2.24) is 0 Å². The second-order valence-electron chi connectivity index (χ2n) is 3.80. The van der Waals surface area contributed by atoms with E-state index in [0.29, 0.717) is 5.75 Å². The summed E-state index contributed by atoms with van der Waals surface area (Å²) in [5.41, 5.74) is 5.88. The summed E-state index contributed by atoms with van der Waals surface area (Å²) in [6.45, 7) is 0.0468.